The molecule has 0 N–H and O–H groups in total. The van der Waals surface area contributed by atoms with Gasteiger partial charge in [-0.1, -0.05) is 88.6 Å². The summed E-state index contributed by atoms with van der Waals surface area (Å²) in [5.41, 5.74) is 1.71. The highest BCUT2D eigenvalue weighted by Crippen LogP contribution is 2.21. The van der Waals surface area contributed by atoms with Crippen molar-refractivity contribution in [2.45, 2.75) is 95.0 Å². The minimum Gasteiger partial charge on any atom is -0.467 e. The zero-order chi connectivity index (χ0) is 30.2. The largest absolute Gasteiger partial charge is 0.467 e. The Hall–Kier alpha value is -3.27. The van der Waals surface area contributed by atoms with E-state index in [1.54, 1.807) is 40.2 Å². The summed E-state index contributed by atoms with van der Waals surface area (Å²) >= 11 is 1.35. The van der Waals surface area contributed by atoms with Gasteiger partial charge in [0.05, 0.1) is 7.11 Å². The van der Waals surface area contributed by atoms with Gasteiger partial charge in [0.1, 0.15) is 12.4 Å². The summed E-state index contributed by atoms with van der Waals surface area (Å²) in [6, 6.07) is 6.46. The van der Waals surface area contributed by atoms with Crippen molar-refractivity contribution in [2.24, 2.45) is 0 Å². The lowest BCUT2D eigenvalue weighted by Crippen LogP contribution is -2.32. The molecule has 0 fully saturated rings. The van der Waals surface area contributed by atoms with Crippen molar-refractivity contribution in [3.8, 4) is 6.01 Å². The fourth-order valence-corrected chi connectivity index (χ4v) is 5.51. The van der Waals surface area contributed by atoms with Gasteiger partial charge in [0.25, 0.3) is 5.56 Å². The maximum absolute atomic E-state index is 13.3. The standard InChI is InChI=1S/C32H44FN5O3S/c1-4-5-6-7-8-9-10-11-12-13-18-37(2)29(39)23-38-22-27(19-26-20-34-31(41-3)35-21-26)30(40)36-32(38)42-24-25-14-16-28(33)17-15-25/h14-17,20-22H,4-13,18-19,23-24H2,1-3H3. The van der Waals surface area contributed by atoms with Gasteiger partial charge >= 0.3 is 6.01 Å². The Balaban J connectivity index is 1.61. The molecule has 0 saturated heterocycles. The molecule has 0 bridgehead atoms. The van der Waals surface area contributed by atoms with E-state index in [0.29, 0.717) is 23.0 Å². The molecule has 0 spiro atoms. The highest BCUT2D eigenvalue weighted by molar-refractivity contribution is 7.98. The number of ether oxygens (including phenoxy) is 1. The van der Waals surface area contributed by atoms with Gasteiger partial charge in [-0.2, -0.15) is 4.98 Å². The topological polar surface area (TPSA) is 90.2 Å². The van der Waals surface area contributed by atoms with Crippen molar-refractivity contribution in [3.05, 3.63) is 75.7 Å². The first-order valence-corrected chi connectivity index (χ1v) is 15.9. The van der Waals surface area contributed by atoms with Crippen molar-refractivity contribution in [2.75, 3.05) is 20.7 Å². The molecule has 0 unspecified atom stereocenters. The van der Waals surface area contributed by atoms with Crippen molar-refractivity contribution in [3.63, 3.8) is 0 Å². The number of hydrogen-bond donors (Lipinski definition) is 0. The Bertz CT molecular complexity index is 1280. The van der Waals surface area contributed by atoms with Crippen LogP contribution in [0.25, 0.3) is 0 Å². The summed E-state index contributed by atoms with van der Waals surface area (Å²) in [5.74, 6) is 0.140. The summed E-state index contributed by atoms with van der Waals surface area (Å²) in [7, 11) is 3.32. The number of unbranched alkanes of at least 4 members (excludes halogenated alkanes) is 9. The van der Waals surface area contributed by atoms with Gasteiger partial charge in [0.2, 0.25) is 5.91 Å². The number of benzene rings is 1. The number of methoxy groups -OCH3 is 1. The number of thioether (sulfide) groups is 1. The van der Waals surface area contributed by atoms with E-state index >= 15 is 0 Å². The van der Waals surface area contributed by atoms with Crippen molar-refractivity contribution in [1.29, 1.82) is 0 Å². The Morgan fingerprint density at radius 3 is 2.19 bits per heavy atom. The summed E-state index contributed by atoms with van der Waals surface area (Å²) in [6.07, 6.45) is 17.6. The lowest BCUT2D eigenvalue weighted by Gasteiger charge is -2.20. The molecule has 42 heavy (non-hydrogen) atoms. The number of rotatable bonds is 19. The molecule has 3 aromatic rings. The lowest BCUT2D eigenvalue weighted by molar-refractivity contribution is -0.130. The molecule has 2 heterocycles. The highest BCUT2D eigenvalue weighted by Gasteiger charge is 2.16. The second-order valence-corrected chi connectivity index (χ2v) is 11.6. The lowest BCUT2D eigenvalue weighted by atomic mass is 10.1. The minimum atomic E-state index is -0.366. The average Bonchev–Trinajstić information content (AvgIpc) is 2.99. The fourth-order valence-electron chi connectivity index (χ4n) is 4.59. The molecule has 0 atom stereocenters. The maximum atomic E-state index is 13.3. The van der Waals surface area contributed by atoms with Gasteiger partial charge in [0, 0.05) is 49.9 Å². The predicted octanol–water partition coefficient (Wildman–Crippen LogP) is 6.44. The second-order valence-electron chi connectivity index (χ2n) is 10.6. The average molecular weight is 598 g/mol. The Morgan fingerprint density at radius 2 is 1.57 bits per heavy atom. The van der Waals surface area contributed by atoms with E-state index in [-0.39, 0.29) is 36.3 Å². The summed E-state index contributed by atoms with van der Waals surface area (Å²) in [5, 5.41) is 0.444. The molecule has 1 amide bonds. The van der Waals surface area contributed by atoms with Crippen LogP contribution >= 0.6 is 11.8 Å². The van der Waals surface area contributed by atoms with Crippen LogP contribution in [0.3, 0.4) is 0 Å². The van der Waals surface area contributed by atoms with Crippen LogP contribution in [0.1, 0.15) is 87.8 Å². The van der Waals surface area contributed by atoms with Crippen LogP contribution in [0.2, 0.25) is 0 Å². The monoisotopic (exact) mass is 597 g/mol. The molecular formula is C32H44FN5O3S. The smallest absolute Gasteiger partial charge is 0.316 e. The van der Waals surface area contributed by atoms with Crippen LogP contribution < -0.4 is 10.3 Å². The van der Waals surface area contributed by atoms with E-state index in [2.05, 4.69) is 21.9 Å². The molecule has 0 aliphatic rings. The molecule has 2 aromatic heterocycles. The second kappa shape index (κ2) is 18.3. The van der Waals surface area contributed by atoms with E-state index in [4.69, 9.17) is 4.74 Å². The number of halogens is 1. The summed E-state index contributed by atoms with van der Waals surface area (Å²) in [4.78, 5) is 40.5. The van der Waals surface area contributed by atoms with Crippen molar-refractivity contribution < 1.29 is 13.9 Å². The molecule has 8 nitrogen and oxygen atoms in total. The van der Waals surface area contributed by atoms with Gasteiger partial charge in [0.15, 0.2) is 5.16 Å². The molecular weight excluding hydrogens is 553 g/mol. The molecule has 1 aromatic carbocycles. The first-order valence-electron chi connectivity index (χ1n) is 15.0. The van der Waals surface area contributed by atoms with E-state index in [1.165, 1.54) is 82.4 Å². The summed E-state index contributed by atoms with van der Waals surface area (Å²) < 4.78 is 20.1. The molecule has 228 valence electrons. The van der Waals surface area contributed by atoms with Crippen LogP contribution in [0, 0.1) is 5.82 Å². The molecule has 3 rings (SSSR count). The third kappa shape index (κ3) is 11.5. The number of hydrogen-bond acceptors (Lipinski definition) is 7. The number of carbonyl (C=O) groups is 1. The third-order valence-corrected chi connectivity index (χ3v) is 8.21. The quantitative estimate of drug-likeness (QED) is 0.0892. The molecule has 0 aliphatic carbocycles. The van der Waals surface area contributed by atoms with Crippen LogP contribution in [0.4, 0.5) is 4.39 Å². The van der Waals surface area contributed by atoms with Crippen molar-refractivity contribution >= 4 is 17.7 Å². The summed E-state index contributed by atoms with van der Waals surface area (Å²) in [6.45, 7) is 3.00. The van der Waals surface area contributed by atoms with Gasteiger partial charge in [-0.15, -0.1) is 0 Å². The van der Waals surface area contributed by atoms with E-state index in [9.17, 15) is 14.0 Å². The van der Waals surface area contributed by atoms with Crippen LogP contribution in [0.5, 0.6) is 6.01 Å². The minimum absolute atomic E-state index is 0.0428. The predicted molar refractivity (Wildman–Crippen MR) is 165 cm³/mol. The number of carbonyl (C=O) groups excluding carboxylic acids is 1. The van der Waals surface area contributed by atoms with Crippen molar-refractivity contribution in [1.82, 2.24) is 24.4 Å². The Morgan fingerprint density at radius 1 is 0.952 bits per heavy atom. The number of likely N-dealkylation sites (N-methyl/N-ethyl adjacent to an activating group) is 1. The SMILES string of the molecule is CCCCCCCCCCCCN(C)C(=O)Cn1cc(Cc2cnc(OC)nc2)c(=O)nc1SCc1ccc(F)cc1. The maximum Gasteiger partial charge on any atom is 0.316 e. The Kier molecular flexibility index (Phi) is 14.5. The van der Waals surface area contributed by atoms with E-state index in [0.717, 1.165) is 24.0 Å². The van der Waals surface area contributed by atoms with Crippen LogP contribution in [0.15, 0.2) is 52.8 Å². The first kappa shape index (κ1) is 33.2. The van der Waals surface area contributed by atoms with Gasteiger partial charge < -0.3 is 14.2 Å². The van der Waals surface area contributed by atoms with Crippen LogP contribution in [-0.4, -0.2) is 51.0 Å². The zero-order valence-corrected chi connectivity index (χ0v) is 26.0. The Labute approximate surface area is 253 Å². The van der Waals surface area contributed by atoms with E-state index < -0.39 is 0 Å². The van der Waals surface area contributed by atoms with E-state index in [1.807, 2.05) is 7.05 Å². The van der Waals surface area contributed by atoms with Crippen LogP contribution in [-0.2, 0) is 23.5 Å². The number of aromatic nitrogens is 4. The molecule has 0 saturated carbocycles. The normalized spacial score (nSPS) is 11.0. The number of nitrogens with zero attached hydrogens (tertiary/aromatic N) is 5. The first-order chi connectivity index (χ1) is 20.4. The van der Waals surface area contributed by atoms with Gasteiger partial charge in [-0.3, -0.25) is 9.59 Å². The fraction of sp³-hybridized carbons (Fsp3) is 0.531. The number of amides is 1. The zero-order valence-electron chi connectivity index (χ0n) is 25.2. The molecule has 10 heteroatoms. The van der Waals surface area contributed by atoms with Gasteiger partial charge in [-0.25, -0.2) is 14.4 Å². The highest BCUT2D eigenvalue weighted by atomic mass is 32.2. The molecule has 0 aliphatic heterocycles. The molecule has 0 radical (unpaired) electrons. The third-order valence-electron chi connectivity index (χ3n) is 7.15. The van der Waals surface area contributed by atoms with Gasteiger partial charge in [-0.05, 0) is 29.7 Å².